The first-order chi connectivity index (χ1) is 8.97. The van der Waals surface area contributed by atoms with Crippen LogP contribution in [0.1, 0.15) is 38.2 Å². The average Bonchev–Trinajstić information content (AvgIpc) is 2.89. The second-order valence-electron chi connectivity index (χ2n) is 7.16. The van der Waals surface area contributed by atoms with Gasteiger partial charge in [0.1, 0.15) is 0 Å². The Balaban J connectivity index is 1.86. The van der Waals surface area contributed by atoms with Gasteiger partial charge in [0.2, 0.25) is 0 Å². The molecule has 0 aromatic heterocycles. The van der Waals surface area contributed by atoms with Gasteiger partial charge in [0.15, 0.2) is 0 Å². The molecule has 1 aliphatic carbocycles. The molecule has 0 bridgehead atoms. The molecule has 1 N–H and O–H groups in total. The van der Waals surface area contributed by atoms with Gasteiger partial charge in [-0.05, 0) is 31.2 Å². The van der Waals surface area contributed by atoms with E-state index in [0.29, 0.717) is 6.04 Å². The fourth-order valence-corrected chi connectivity index (χ4v) is 4.19. The van der Waals surface area contributed by atoms with Gasteiger partial charge in [0.25, 0.3) is 0 Å². The first-order valence-electron chi connectivity index (χ1n) is 7.79. The normalized spacial score (nSPS) is 18.7. The average molecular weight is 276 g/mol. The Morgan fingerprint density at radius 2 is 1.68 bits per heavy atom. The molecule has 1 aromatic rings. The molecule has 106 valence electrons. The molecule has 0 saturated heterocycles. The lowest BCUT2D eigenvalue weighted by Crippen LogP contribution is -2.37. The van der Waals surface area contributed by atoms with Crippen molar-refractivity contribution in [1.29, 1.82) is 0 Å². The van der Waals surface area contributed by atoms with Crippen LogP contribution in [0.2, 0.25) is 19.6 Å². The molecule has 0 amide bonds. The van der Waals surface area contributed by atoms with Gasteiger partial charge in [-0.3, -0.25) is 0 Å². The Labute approximate surface area is 119 Å². The summed E-state index contributed by atoms with van der Waals surface area (Å²) in [6.45, 7) is 10.6. The van der Waals surface area contributed by atoms with E-state index in [1.54, 1.807) is 5.19 Å². The molecule has 2 rings (SSSR count). The third kappa shape index (κ3) is 4.18. The van der Waals surface area contributed by atoms with Gasteiger partial charge < -0.3 is 5.32 Å². The quantitative estimate of drug-likeness (QED) is 0.804. The van der Waals surface area contributed by atoms with Crippen LogP contribution in [0.15, 0.2) is 24.3 Å². The van der Waals surface area contributed by atoms with E-state index in [1.807, 2.05) is 0 Å². The molecule has 2 heteroatoms. The van der Waals surface area contributed by atoms with Crippen molar-refractivity contribution in [3.63, 3.8) is 0 Å². The summed E-state index contributed by atoms with van der Waals surface area (Å²) in [5.41, 5.74) is 1.42. The minimum atomic E-state index is -1.14. The molecule has 1 nitrogen and oxygen atoms in total. The van der Waals surface area contributed by atoms with Crippen molar-refractivity contribution >= 4 is 13.3 Å². The molecule has 0 heterocycles. The summed E-state index contributed by atoms with van der Waals surface area (Å²) >= 11 is 0. The van der Waals surface area contributed by atoms with Crippen molar-refractivity contribution in [2.24, 2.45) is 5.92 Å². The van der Waals surface area contributed by atoms with Crippen LogP contribution in [0, 0.1) is 5.92 Å². The highest BCUT2D eigenvalue weighted by atomic mass is 28.3. The van der Waals surface area contributed by atoms with Crippen LogP contribution in [-0.2, 0) is 6.54 Å². The van der Waals surface area contributed by atoms with Gasteiger partial charge in [-0.15, -0.1) is 0 Å². The van der Waals surface area contributed by atoms with E-state index in [1.165, 1.54) is 31.2 Å². The Morgan fingerprint density at radius 3 is 2.21 bits per heavy atom. The zero-order valence-electron chi connectivity index (χ0n) is 13.0. The number of nitrogens with one attached hydrogen (secondary N) is 1. The van der Waals surface area contributed by atoms with E-state index in [4.69, 9.17) is 0 Å². The monoisotopic (exact) mass is 275 g/mol. The summed E-state index contributed by atoms with van der Waals surface area (Å²) in [5.74, 6) is 0.904. The Kier molecular flexibility index (Phi) is 4.85. The molecule has 0 spiro atoms. The lowest BCUT2D eigenvalue weighted by molar-refractivity contribution is 0.380. The minimum absolute atomic E-state index is 0.666. The number of hydrogen-bond donors (Lipinski definition) is 1. The third-order valence-electron chi connectivity index (χ3n) is 4.56. The van der Waals surface area contributed by atoms with Gasteiger partial charge >= 0.3 is 0 Å². The minimum Gasteiger partial charge on any atom is -0.310 e. The molecular formula is C17H29NSi. The Bertz CT molecular complexity index is 385. The highest BCUT2D eigenvalue weighted by Gasteiger charge is 2.21. The molecular weight excluding hydrogens is 246 g/mol. The van der Waals surface area contributed by atoms with Gasteiger partial charge in [-0.2, -0.15) is 0 Å². The molecule has 1 unspecified atom stereocenters. The molecule has 1 atom stereocenters. The van der Waals surface area contributed by atoms with Crippen LogP contribution in [0.25, 0.3) is 0 Å². The summed E-state index contributed by atoms with van der Waals surface area (Å²) in [6.07, 6.45) is 5.70. The largest absolute Gasteiger partial charge is 0.310 e. The first-order valence-corrected chi connectivity index (χ1v) is 11.3. The summed E-state index contributed by atoms with van der Waals surface area (Å²) in [4.78, 5) is 0. The van der Waals surface area contributed by atoms with Crippen LogP contribution < -0.4 is 10.5 Å². The van der Waals surface area contributed by atoms with E-state index in [9.17, 15) is 0 Å². The molecule has 19 heavy (non-hydrogen) atoms. The van der Waals surface area contributed by atoms with Gasteiger partial charge in [-0.25, -0.2) is 0 Å². The second kappa shape index (κ2) is 6.23. The fraction of sp³-hybridized carbons (Fsp3) is 0.647. The van der Waals surface area contributed by atoms with Crippen LogP contribution in [-0.4, -0.2) is 14.1 Å². The maximum atomic E-state index is 3.71. The highest BCUT2D eigenvalue weighted by molar-refractivity contribution is 6.88. The standard InChI is InChI=1S/C17H29NSi/c1-14(16-7-5-6-8-16)18-13-15-9-11-17(12-10-15)19(2,3)4/h9-12,14,16,18H,5-8,13H2,1-4H3. The fourth-order valence-electron chi connectivity index (χ4n) is 3.03. The van der Waals surface area contributed by atoms with Crippen molar-refractivity contribution in [3.8, 4) is 0 Å². The van der Waals surface area contributed by atoms with Gasteiger partial charge in [0, 0.05) is 12.6 Å². The van der Waals surface area contributed by atoms with Crippen molar-refractivity contribution in [2.45, 2.75) is 64.8 Å². The third-order valence-corrected chi connectivity index (χ3v) is 6.62. The maximum absolute atomic E-state index is 3.71. The summed E-state index contributed by atoms with van der Waals surface area (Å²) in [5, 5.41) is 5.27. The molecule has 1 aliphatic rings. The topological polar surface area (TPSA) is 12.0 Å². The summed E-state index contributed by atoms with van der Waals surface area (Å²) < 4.78 is 0. The van der Waals surface area contributed by atoms with E-state index >= 15 is 0 Å². The number of benzene rings is 1. The molecule has 0 radical (unpaired) electrons. The van der Waals surface area contributed by atoms with Crippen LogP contribution in [0.3, 0.4) is 0 Å². The van der Waals surface area contributed by atoms with E-state index in [-0.39, 0.29) is 0 Å². The second-order valence-corrected chi connectivity index (χ2v) is 12.2. The van der Waals surface area contributed by atoms with Crippen LogP contribution in [0.5, 0.6) is 0 Å². The van der Waals surface area contributed by atoms with E-state index in [2.05, 4.69) is 56.1 Å². The van der Waals surface area contributed by atoms with Gasteiger partial charge in [0.05, 0.1) is 8.07 Å². The molecule has 1 fully saturated rings. The Morgan fingerprint density at radius 1 is 1.11 bits per heavy atom. The van der Waals surface area contributed by atoms with Crippen molar-refractivity contribution < 1.29 is 0 Å². The number of hydrogen-bond acceptors (Lipinski definition) is 1. The van der Waals surface area contributed by atoms with Crippen molar-refractivity contribution in [2.75, 3.05) is 0 Å². The lowest BCUT2D eigenvalue weighted by Gasteiger charge is -2.21. The smallest absolute Gasteiger partial charge is 0.0775 e. The first kappa shape index (κ1) is 14.8. The Hall–Kier alpha value is -0.603. The summed E-state index contributed by atoms with van der Waals surface area (Å²) in [7, 11) is -1.14. The van der Waals surface area contributed by atoms with Crippen molar-refractivity contribution in [1.82, 2.24) is 5.32 Å². The van der Waals surface area contributed by atoms with Gasteiger partial charge in [-0.1, -0.05) is 61.9 Å². The molecule has 1 saturated carbocycles. The number of rotatable bonds is 5. The molecule has 0 aliphatic heterocycles. The van der Waals surface area contributed by atoms with Crippen LogP contribution in [0.4, 0.5) is 0 Å². The zero-order valence-corrected chi connectivity index (χ0v) is 14.0. The predicted octanol–water partition coefficient (Wildman–Crippen LogP) is 3.90. The van der Waals surface area contributed by atoms with Crippen LogP contribution >= 0.6 is 0 Å². The predicted molar refractivity (Wildman–Crippen MR) is 87.7 cm³/mol. The lowest BCUT2D eigenvalue weighted by atomic mass is 9.99. The SMILES string of the molecule is CC(NCc1ccc([Si](C)(C)C)cc1)C1CCCC1. The highest BCUT2D eigenvalue weighted by Crippen LogP contribution is 2.27. The molecule has 1 aromatic carbocycles. The zero-order chi connectivity index (χ0) is 13.9. The van der Waals surface area contributed by atoms with E-state index in [0.717, 1.165) is 12.5 Å². The maximum Gasteiger partial charge on any atom is 0.0775 e. The van der Waals surface area contributed by atoms with Crippen molar-refractivity contribution in [3.05, 3.63) is 29.8 Å². The van der Waals surface area contributed by atoms with E-state index < -0.39 is 8.07 Å². The summed E-state index contributed by atoms with van der Waals surface area (Å²) in [6, 6.07) is 9.95.